The molecule has 181 valence electrons. The summed E-state index contributed by atoms with van der Waals surface area (Å²) in [6.07, 6.45) is 11.5. The van der Waals surface area contributed by atoms with Crippen molar-refractivity contribution in [2.75, 3.05) is 26.2 Å². The van der Waals surface area contributed by atoms with Crippen molar-refractivity contribution in [1.82, 2.24) is 44.9 Å². The lowest BCUT2D eigenvalue weighted by molar-refractivity contribution is 0.0669. The minimum atomic E-state index is 0.642. The number of hydrogen-bond acceptors (Lipinski definition) is 8. The zero-order valence-electron chi connectivity index (χ0n) is 19.8. The third kappa shape index (κ3) is 3.98. The zero-order valence-corrected chi connectivity index (χ0v) is 19.8. The Balaban J connectivity index is 0.913. The number of rotatable bonds is 6. The van der Waals surface area contributed by atoms with Crippen LogP contribution in [0.3, 0.4) is 0 Å². The van der Waals surface area contributed by atoms with Gasteiger partial charge in [0.2, 0.25) is 0 Å². The fourth-order valence-corrected chi connectivity index (χ4v) is 5.32. The van der Waals surface area contributed by atoms with Gasteiger partial charge in [-0.2, -0.15) is 5.10 Å². The summed E-state index contributed by atoms with van der Waals surface area (Å²) in [5.41, 5.74) is 5.91. The van der Waals surface area contributed by atoms with E-state index in [0.717, 1.165) is 66.3 Å². The molecule has 0 bridgehead atoms. The molecule has 0 unspecified atom stereocenters. The summed E-state index contributed by atoms with van der Waals surface area (Å²) in [4.78, 5) is 17.1. The molecule has 7 rings (SSSR count). The highest BCUT2D eigenvalue weighted by molar-refractivity contribution is 5.90. The van der Waals surface area contributed by atoms with Gasteiger partial charge in [0.25, 0.3) is 0 Å². The van der Waals surface area contributed by atoms with Crippen LogP contribution in [-0.4, -0.2) is 77.1 Å². The second-order valence-corrected chi connectivity index (χ2v) is 9.60. The summed E-state index contributed by atoms with van der Waals surface area (Å²) >= 11 is 0. The van der Waals surface area contributed by atoms with Crippen LogP contribution in [0, 0.1) is 6.04 Å². The first-order valence-corrected chi connectivity index (χ1v) is 12.3. The fourth-order valence-electron chi connectivity index (χ4n) is 5.32. The van der Waals surface area contributed by atoms with Gasteiger partial charge < -0.3 is 9.51 Å². The molecule has 6 heterocycles. The largest absolute Gasteiger partial charge is 0.346 e. The van der Waals surface area contributed by atoms with Crippen LogP contribution in [0.4, 0.5) is 0 Å². The molecule has 0 saturated carbocycles. The molecule has 0 amide bonds. The van der Waals surface area contributed by atoms with Gasteiger partial charge in [-0.15, -0.1) is 5.10 Å². The van der Waals surface area contributed by atoms with Crippen molar-refractivity contribution in [1.29, 1.82) is 0 Å². The molecule has 1 radical (unpaired) electrons. The van der Waals surface area contributed by atoms with Gasteiger partial charge in [0, 0.05) is 59.9 Å². The molecule has 2 aliphatic heterocycles. The van der Waals surface area contributed by atoms with Crippen LogP contribution >= 0.6 is 0 Å². The molecule has 1 N–H and O–H groups in total. The molecule has 5 aromatic rings. The summed E-state index contributed by atoms with van der Waals surface area (Å²) < 4.78 is 6.87. The molecule has 2 fully saturated rings. The Morgan fingerprint density at radius 1 is 1.00 bits per heavy atom. The maximum atomic E-state index is 4.84. The van der Waals surface area contributed by atoms with Crippen LogP contribution < -0.4 is 0 Å². The van der Waals surface area contributed by atoms with E-state index in [0.29, 0.717) is 6.04 Å². The van der Waals surface area contributed by atoms with Crippen molar-refractivity contribution in [3.63, 3.8) is 0 Å². The van der Waals surface area contributed by atoms with E-state index in [1.54, 1.807) is 12.6 Å². The summed E-state index contributed by atoms with van der Waals surface area (Å²) in [6, 6.07) is 12.5. The van der Waals surface area contributed by atoms with Gasteiger partial charge in [0.05, 0.1) is 11.9 Å². The summed E-state index contributed by atoms with van der Waals surface area (Å²) in [6.45, 7) is 5.19. The maximum absolute atomic E-state index is 4.84. The van der Waals surface area contributed by atoms with E-state index in [1.807, 2.05) is 23.1 Å². The lowest BCUT2D eigenvalue weighted by atomic mass is 9.97. The molecule has 10 heteroatoms. The Morgan fingerprint density at radius 3 is 2.67 bits per heavy atom. The molecule has 0 atom stereocenters. The van der Waals surface area contributed by atoms with Crippen molar-refractivity contribution in [2.45, 2.75) is 25.4 Å². The summed E-state index contributed by atoms with van der Waals surface area (Å²) in [7, 11) is 0. The van der Waals surface area contributed by atoms with Crippen LogP contribution in [0.5, 0.6) is 0 Å². The van der Waals surface area contributed by atoms with Crippen LogP contribution in [0.25, 0.3) is 33.5 Å². The van der Waals surface area contributed by atoms with Gasteiger partial charge in [-0.05, 0) is 37.6 Å². The van der Waals surface area contributed by atoms with Gasteiger partial charge in [0.15, 0.2) is 6.26 Å². The number of fused-ring (bicyclic) bond motifs is 1. The molecular formula is C26H26N9O. The number of H-pyrrole nitrogens is 1. The second kappa shape index (κ2) is 8.96. The van der Waals surface area contributed by atoms with E-state index in [1.165, 1.54) is 24.4 Å². The number of aromatic amines is 1. The second-order valence-electron chi connectivity index (χ2n) is 9.60. The molecule has 2 saturated heterocycles. The lowest BCUT2D eigenvalue weighted by Gasteiger charge is -2.46. The third-order valence-electron chi connectivity index (χ3n) is 7.39. The van der Waals surface area contributed by atoms with Gasteiger partial charge in [0.1, 0.15) is 23.7 Å². The Hall–Kier alpha value is -3.89. The number of piperidine rings is 1. The Labute approximate surface area is 207 Å². The first kappa shape index (κ1) is 21.4. The van der Waals surface area contributed by atoms with E-state index in [2.05, 4.69) is 70.7 Å². The highest BCUT2D eigenvalue weighted by Gasteiger charge is 2.36. The minimum Gasteiger partial charge on any atom is -0.346 e. The monoisotopic (exact) mass is 480 g/mol. The Kier molecular flexibility index (Phi) is 5.32. The molecule has 0 spiro atoms. The van der Waals surface area contributed by atoms with E-state index in [-0.39, 0.29) is 0 Å². The minimum absolute atomic E-state index is 0.642. The molecule has 10 nitrogen and oxygen atoms in total. The summed E-state index contributed by atoms with van der Waals surface area (Å²) in [5, 5.41) is 13.2. The number of benzene rings is 1. The van der Waals surface area contributed by atoms with Gasteiger partial charge in [-0.3, -0.25) is 14.5 Å². The highest BCUT2D eigenvalue weighted by Crippen LogP contribution is 2.30. The number of likely N-dealkylation sites (tertiary alicyclic amines) is 2. The zero-order chi connectivity index (χ0) is 23.9. The molecule has 36 heavy (non-hydrogen) atoms. The standard InChI is InChI=1S/C26H26N9O/c1-3-19(24-16-36-32-31-24)4-2-18(1)12-33-9-6-21(7-10-33)34-14-22(15-34)35-13-20(11-30-35)25-23-5-8-27-26(23)29-17-28-25/h1-5,8,11,13,16-17,21H,6-7,9-10,12,14-15H2,(H,27,28,29). The lowest BCUT2D eigenvalue weighted by Crippen LogP contribution is -2.56. The van der Waals surface area contributed by atoms with Gasteiger partial charge in [-0.25, -0.2) is 9.97 Å². The van der Waals surface area contributed by atoms with Crippen LogP contribution in [0.15, 0.2) is 66.0 Å². The number of hydrogen-bond donors (Lipinski definition) is 1. The van der Waals surface area contributed by atoms with Crippen molar-refractivity contribution < 1.29 is 4.52 Å². The summed E-state index contributed by atoms with van der Waals surface area (Å²) in [5.74, 6) is 0. The van der Waals surface area contributed by atoms with Crippen LogP contribution in [-0.2, 0) is 6.54 Å². The van der Waals surface area contributed by atoms with Crippen LogP contribution in [0.2, 0.25) is 0 Å². The average molecular weight is 481 g/mol. The van der Waals surface area contributed by atoms with Crippen molar-refractivity contribution in [3.8, 4) is 22.5 Å². The average Bonchev–Trinajstić information content (AvgIpc) is 3.66. The number of aromatic nitrogens is 7. The van der Waals surface area contributed by atoms with Crippen molar-refractivity contribution >= 4 is 11.0 Å². The van der Waals surface area contributed by atoms with E-state index < -0.39 is 0 Å². The smallest absolute Gasteiger partial charge is 0.152 e. The van der Waals surface area contributed by atoms with Gasteiger partial charge >= 0.3 is 0 Å². The first-order chi connectivity index (χ1) is 17.8. The van der Waals surface area contributed by atoms with Crippen molar-refractivity contribution in [3.05, 3.63) is 73.1 Å². The predicted molar refractivity (Wildman–Crippen MR) is 133 cm³/mol. The van der Waals surface area contributed by atoms with Crippen molar-refractivity contribution in [2.24, 2.45) is 0 Å². The molecule has 4 aromatic heterocycles. The van der Waals surface area contributed by atoms with E-state index in [9.17, 15) is 0 Å². The number of nitrogens with one attached hydrogen (secondary N) is 1. The Morgan fingerprint density at radius 2 is 1.86 bits per heavy atom. The quantitative estimate of drug-likeness (QED) is 0.395. The molecule has 1 aromatic carbocycles. The molecule has 2 aliphatic rings. The predicted octanol–water partition coefficient (Wildman–Crippen LogP) is 3.23. The van der Waals surface area contributed by atoms with Gasteiger partial charge in [-0.1, -0.05) is 24.3 Å². The van der Waals surface area contributed by atoms with Crippen LogP contribution in [0.1, 0.15) is 18.4 Å². The van der Waals surface area contributed by atoms with E-state index >= 15 is 0 Å². The Bertz CT molecular complexity index is 1440. The topological polar surface area (TPSA) is 105 Å². The molecular weight excluding hydrogens is 454 g/mol. The third-order valence-corrected chi connectivity index (χ3v) is 7.39. The maximum Gasteiger partial charge on any atom is 0.152 e. The fraction of sp³-hybridized carbons (Fsp3) is 0.308. The normalized spacial score (nSPS) is 18.1. The number of nitrogens with zero attached hydrogens (tertiary/aromatic N) is 8. The van der Waals surface area contributed by atoms with E-state index in [4.69, 9.17) is 4.52 Å². The SMILES string of the molecule is c1nc(-c2cnn([C]3CN(C4CCN(Cc5ccc(-c6conn6)cc5)CC4)C3)c2)c2cc[nH]c2n1. The first-order valence-electron chi connectivity index (χ1n) is 12.3. The molecule has 0 aliphatic carbocycles. The highest BCUT2D eigenvalue weighted by atomic mass is 16.5.